The van der Waals surface area contributed by atoms with Crippen LogP contribution < -0.4 is 5.32 Å². The van der Waals surface area contributed by atoms with Crippen molar-refractivity contribution in [3.8, 4) is 0 Å². The van der Waals surface area contributed by atoms with Crippen LogP contribution in [0, 0.1) is 5.92 Å². The summed E-state index contributed by atoms with van der Waals surface area (Å²) in [5.74, 6) is 0.656. The van der Waals surface area contributed by atoms with Gasteiger partial charge in [-0.25, -0.2) is 0 Å². The number of hydrogen-bond donors (Lipinski definition) is 2. The molecule has 2 rings (SSSR count). The molecule has 0 aromatic heterocycles. The number of aliphatic hydroxyl groups excluding tert-OH is 1. The van der Waals surface area contributed by atoms with E-state index in [9.17, 15) is 9.90 Å². The maximum Gasteiger partial charge on any atom is 0.223 e. The smallest absolute Gasteiger partial charge is 0.223 e. The number of carbonyl (C=O) groups is 1. The maximum atomic E-state index is 12.4. The SMILES string of the molecule is CC1(C)CN(C(=O)CC2CCCNC2)CC(CO)O1. The number of carbonyl (C=O) groups excluding carboxylic acids is 1. The van der Waals surface area contributed by atoms with Crippen molar-refractivity contribution in [1.29, 1.82) is 0 Å². The molecule has 5 heteroatoms. The fourth-order valence-electron chi connectivity index (χ4n) is 3.05. The molecule has 2 fully saturated rings. The fraction of sp³-hybridized carbons (Fsp3) is 0.929. The van der Waals surface area contributed by atoms with Gasteiger partial charge in [-0.05, 0) is 45.7 Å². The number of nitrogens with one attached hydrogen (secondary N) is 1. The molecule has 0 bridgehead atoms. The second kappa shape index (κ2) is 6.20. The van der Waals surface area contributed by atoms with Gasteiger partial charge in [0.15, 0.2) is 0 Å². The monoisotopic (exact) mass is 270 g/mol. The molecule has 0 spiro atoms. The Morgan fingerprint density at radius 2 is 2.32 bits per heavy atom. The highest BCUT2D eigenvalue weighted by molar-refractivity contribution is 5.76. The second-order valence-corrected chi connectivity index (χ2v) is 6.37. The second-order valence-electron chi connectivity index (χ2n) is 6.37. The third kappa shape index (κ3) is 4.16. The summed E-state index contributed by atoms with van der Waals surface area (Å²) < 4.78 is 5.74. The van der Waals surface area contributed by atoms with Crippen LogP contribution in [0.4, 0.5) is 0 Å². The molecule has 1 amide bonds. The summed E-state index contributed by atoms with van der Waals surface area (Å²) in [4.78, 5) is 14.2. The standard InChI is InChI=1S/C14H26N2O3/c1-14(2)10-16(8-12(9-17)19-14)13(18)6-11-4-3-5-15-7-11/h11-12,15,17H,3-10H2,1-2H3. The number of nitrogens with zero attached hydrogens (tertiary/aromatic N) is 1. The van der Waals surface area contributed by atoms with Crippen molar-refractivity contribution in [3.05, 3.63) is 0 Å². The lowest BCUT2D eigenvalue weighted by Crippen LogP contribution is -2.56. The number of amides is 1. The van der Waals surface area contributed by atoms with E-state index in [0.29, 0.717) is 25.4 Å². The van der Waals surface area contributed by atoms with Crippen LogP contribution in [0.5, 0.6) is 0 Å². The highest BCUT2D eigenvalue weighted by Gasteiger charge is 2.35. The lowest BCUT2D eigenvalue weighted by Gasteiger charge is -2.42. The first-order chi connectivity index (χ1) is 9.00. The van der Waals surface area contributed by atoms with E-state index in [4.69, 9.17) is 4.74 Å². The summed E-state index contributed by atoms with van der Waals surface area (Å²) in [6.45, 7) is 7.05. The maximum absolute atomic E-state index is 12.4. The summed E-state index contributed by atoms with van der Waals surface area (Å²) in [5, 5.41) is 12.6. The summed E-state index contributed by atoms with van der Waals surface area (Å²) >= 11 is 0. The molecule has 2 heterocycles. The summed E-state index contributed by atoms with van der Waals surface area (Å²) in [7, 11) is 0. The topological polar surface area (TPSA) is 61.8 Å². The van der Waals surface area contributed by atoms with E-state index in [1.54, 1.807) is 0 Å². The van der Waals surface area contributed by atoms with Crippen LogP contribution in [0.25, 0.3) is 0 Å². The lowest BCUT2D eigenvalue weighted by atomic mass is 9.95. The van der Waals surface area contributed by atoms with Gasteiger partial charge in [-0.2, -0.15) is 0 Å². The lowest BCUT2D eigenvalue weighted by molar-refractivity contribution is -0.167. The minimum Gasteiger partial charge on any atom is -0.394 e. The van der Waals surface area contributed by atoms with E-state index in [1.165, 1.54) is 0 Å². The molecule has 0 aromatic carbocycles. The summed E-state index contributed by atoms with van der Waals surface area (Å²) in [6, 6.07) is 0. The van der Waals surface area contributed by atoms with Crippen LogP contribution in [-0.4, -0.2) is 60.4 Å². The Hall–Kier alpha value is -0.650. The van der Waals surface area contributed by atoms with Crippen LogP contribution >= 0.6 is 0 Å². The first kappa shape index (κ1) is 14.8. The molecule has 0 aromatic rings. The number of ether oxygens (including phenoxy) is 1. The van der Waals surface area contributed by atoms with Gasteiger partial charge in [0, 0.05) is 19.5 Å². The molecule has 2 unspecified atom stereocenters. The number of aliphatic hydroxyl groups is 1. The van der Waals surface area contributed by atoms with E-state index >= 15 is 0 Å². The average Bonchev–Trinajstić information content (AvgIpc) is 2.38. The van der Waals surface area contributed by atoms with Gasteiger partial charge in [0.1, 0.15) is 0 Å². The quantitative estimate of drug-likeness (QED) is 0.778. The Labute approximate surface area is 115 Å². The predicted octanol–water partition coefficient (Wildman–Crippen LogP) is 0.374. The number of morpholine rings is 1. The third-order valence-corrected chi connectivity index (χ3v) is 3.90. The molecule has 19 heavy (non-hydrogen) atoms. The van der Waals surface area contributed by atoms with Gasteiger partial charge >= 0.3 is 0 Å². The van der Waals surface area contributed by atoms with Crippen LogP contribution in [0.1, 0.15) is 33.1 Å². The number of piperidine rings is 1. The van der Waals surface area contributed by atoms with E-state index in [0.717, 1.165) is 25.9 Å². The van der Waals surface area contributed by atoms with Gasteiger partial charge in [0.25, 0.3) is 0 Å². The zero-order valence-electron chi connectivity index (χ0n) is 12.0. The van der Waals surface area contributed by atoms with Crippen LogP contribution in [-0.2, 0) is 9.53 Å². The molecule has 5 nitrogen and oxygen atoms in total. The molecular weight excluding hydrogens is 244 g/mol. The molecule has 0 radical (unpaired) electrons. The molecule has 2 aliphatic heterocycles. The van der Waals surface area contributed by atoms with Gasteiger partial charge in [-0.15, -0.1) is 0 Å². The van der Waals surface area contributed by atoms with Crippen molar-refractivity contribution in [2.75, 3.05) is 32.8 Å². The van der Waals surface area contributed by atoms with Crippen molar-refractivity contribution in [3.63, 3.8) is 0 Å². The normalized spacial score (nSPS) is 31.2. The van der Waals surface area contributed by atoms with Gasteiger partial charge in [0.2, 0.25) is 5.91 Å². The van der Waals surface area contributed by atoms with Gasteiger partial charge in [-0.3, -0.25) is 4.79 Å². The first-order valence-corrected chi connectivity index (χ1v) is 7.27. The number of rotatable bonds is 3. The minimum atomic E-state index is -0.369. The molecule has 110 valence electrons. The Kier molecular flexibility index (Phi) is 4.81. The largest absolute Gasteiger partial charge is 0.394 e. The van der Waals surface area contributed by atoms with Crippen molar-refractivity contribution in [2.24, 2.45) is 5.92 Å². The van der Waals surface area contributed by atoms with E-state index in [-0.39, 0.29) is 24.2 Å². The van der Waals surface area contributed by atoms with E-state index in [1.807, 2.05) is 18.7 Å². The minimum absolute atomic E-state index is 0.0296. The van der Waals surface area contributed by atoms with E-state index in [2.05, 4.69) is 5.32 Å². The first-order valence-electron chi connectivity index (χ1n) is 7.27. The van der Waals surface area contributed by atoms with Crippen LogP contribution in [0.15, 0.2) is 0 Å². The Balaban J connectivity index is 1.89. The zero-order chi connectivity index (χ0) is 13.9. The van der Waals surface area contributed by atoms with Crippen LogP contribution in [0.3, 0.4) is 0 Å². The van der Waals surface area contributed by atoms with E-state index < -0.39 is 0 Å². The Morgan fingerprint density at radius 3 is 2.95 bits per heavy atom. The molecule has 2 N–H and O–H groups in total. The molecule has 0 saturated carbocycles. The molecule has 0 aliphatic carbocycles. The number of hydrogen-bond acceptors (Lipinski definition) is 4. The van der Waals surface area contributed by atoms with Crippen molar-refractivity contribution >= 4 is 5.91 Å². The predicted molar refractivity (Wildman–Crippen MR) is 72.8 cm³/mol. The van der Waals surface area contributed by atoms with Crippen molar-refractivity contribution in [2.45, 2.75) is 44.8 Å². The zero-order valence-corrected chi connectivity index (χ0v) is 12.0. The molecular formula is C14H26N2O3. The average molecular weight is 270 g/mol. The fourth-order valence-corrected chi connectivity index (χ4v) is 3.05. The summed E-state index contributed by atoms with van der Waals surface area (Å²) in [5.41, 5.74) is -0.369. The third-order valence-electron chi connectivity index (χ3n) is 3.90. The molecule has 2 saturated heterocycles. The van der Waals surface area contributed by atoms with Crippen LogP contribution in [0.2, 0.25) is 0 Å². The van der Waals surface area contributed by atoms with Gasteiger partial charge < -0.3 is 20.1 Å². The summed E-state index contributed by atoms with van der Waals surface area (Å²) in [6.07, 6.45) is 2.65. The molecule has 2 aliphatic rings. The van der Waals surface area contributed by atoms with Gasteiger partial charge in [0.05, 0.1) is 18.3 Å². The molecule has 2 atom stereocenters. The highest BCUT2D eigenvalue weighted by Crippen LogP contribution is 2.23. The highest BCUT2D eigenvalue weighted by atomic mass is 16.5. The van der Waals surface area contributed by atoms with Crippen molar-refractivity contribution in [1.82, 2.24) is 10.2 Å². The van der Waals surface area contributed by atoms with Gasteiger partial charge in [-0.1, -0.05) is 0 Å². The Bertz CT molecular complexity index is 314. The Morgan fingerprint density at radius 1 is 1.53 bits per heavy atom. The van der Waals surface area contributed by atoms with Crippen molar-refractivity contribution < 1.29 is 14.6 Å².